The van der Waals surface area contributed by atoms with Gasteiger partial charge in [0.25, 0.3) is 0 Å². The van der Waals surface area contributed by atoms with E-state index >= 15 is 0 Å². The van der Waals surface area contributed by atoms with E-state index in [4.69, 9.17) is 0 Å². The largest absolute Gasteiger partial charge is 0.354 e. The summed E-state index contributed by atoms with van der Waals surface area (Å²) < 4.78 is 0. The SMILES string of the molecule is Cc1ccccc1C=CC(=O)N1CCCNC(=O)C1. The molecule has 100 valence electrons. The van der Waals surface area contributed by atoms with Crippen LogP contribution in [0.2, 0.25) is 0 Å². The minimum absolute atomic E-state index is 0.0878. The van der Waals surface area contributed by atoms with Gasteiger partial charge in [-0.2, -0.15) is 0 Å². The average Bonchev–Trinajstić information content (AvgIpc) is 2.62. The minimum atomic E-state index is -0.111. The first kappa shape index (κ1) is 13.3. The first-order chi connectivity index (χ1) is 9.16. The fourth-order valence-corrected chi connectivity index (χ4v) is 2.03. The van der Waals surface area contributed by atoms with Crippen LogP contribution in [0.5, 0.6) is 0 Å². The van der Waals surface area contributed by atoms with Crippen LogP contribution in [0.4, 0.5) is 0 Å². The van der Waals surface area contributed by atoms with E-state index in [0.29, 0.717) is 13.1 Å². The maximum Gasteiger partial charge on any atom is 0.247 e. The third-order valence-electron chi connectivity index (χ3n) is 3.17. The Kier molecular flexibility index (Phi) is 4.34. The predicted octanol–water partition coefficient (Wildman–Crippen LogP) is 1.36. The molecule has 0 unspecified atom stereocenters. The van der Waals surface area contributed by atoms with Gasteiger partial charge in [-0.15, -0.1) is 0 Å². The molecule has 0 saturated carbocycles. The zero-order chi connectivity index (χ0) is 13.7. The van der Waals surface area contributed by atoms with Crippen LogP contribution in [0.3, 0.4) is 0 Å². The molecule has 1 aliphatic rings. The van der Waals surface area contributed by atoms with Crippen molar-refractivity contribution >= 4 is 17.9 Å². The molecular formula is C15H18N2O2. The molecule has 0 bridgehead atoms. The third kappa shape index (κ3) is 3.68. The number of nitrogens with one attached hydrogen (secondary N) is 1. The quantitative estimate of drug-likeness (QED) is 0.814. The van der Waals surface area contributed by atoms with Gasteiger partial charge in [-0.25, -0.2) is 0 Å². The maximum atomic E-state index is 12.0. The highest BCUT2D eigenvalue weighted by Crippen LogP contribution is 2.09. The van der Waals surface area contributed by atoms with E-state index in [-0.39, 0.29) is 18.4 Å². The van der Waals surface area contributed by atoms with Crippen molar-refractivity contribution < 1.29 is 9.59 Å². The van der Waals surface area contributed by atoms with Crippen LogP contribution in [-0.2, 0) is 9.59 Å². The second-order valence-corrected chi connectivity index (χ2v) is 4.65. The summed E-state index contributed by atoms with van der Waals surface area (Å²) in [5.74, 6) is -0.199. The van der Waals surface area contributed by atoms with Gasteiger partial charge in [-0.1, -0.05) is 24.3 Å². The molecule has 0 aliphatic carbocycles. The molecule has 1 fully saturated rings. The number of benzene rings is 1. The minimum Gasteiger partial charge on any atom is -0.354 e. The lowest BCUT2D eigenvalue weighted by molar-refractivity contribution is -0.131. The second kappa shape index (κ2) is 6.18. The fourth-order valence-electron chi connectivity index (χ4n) is 2.03. The van der Waals surface area contributed by atoms with Crippen molar-refractivity contribution in [3.8, 4) is 0 Å². The summed E-state index contributed by atoms with van der Waals surface area (Å²) in [6.07, 6.45) is 4.15. The van der Waals surface area contributed by atoms with Gasteiger partial charge in [0, 0.05) is 19.2 Å². The van der Waals surface area contributed by atoms with E-state index < -0.39 is 0 Å². The Morgan fingerprint density at radius 1 is 1.37 bits per heavy atom. The van der Waals surface area contributed by atoms with Gasteiger partial charge in [0.05, 0.1) is 6.54 Å². The lowest BCUT2D eigenvalue weighted by atomic mass is 10.1. The van der Waals surface area contributed by atoms with Crippen LogP contribution in [-0.4, -0.2) is 36.3 Å². The number of hydrogen-bond donors (Lipinski definition) is 1. The Bertz CT molecular complexity index is 509. The zero-order valence-electron chi connectivity index (χ0n) is 11.1. The molecule has 1 heterocycles. The monoisotopic (exact) mass is 258 g/mol. The van der Waals surface area contributed by atoms with Gasteiger partial charge in [-0.05, 0) is 30.5 Å². The van der Waals surface area contributed by atoms with Crippen LogP contribution in [0.15, 0.2) is 30.3 Å². The molecule has 1 saturated heterocycles. The van der Waals surface area contributed by atoms with Crippen molar-refractivity contribution in [3.05, 3.63) is 41.5 Å². The molecule has 0 atom stereocenters. The maximum absolute atomic E-state index is 12.0. The van der Waals surface area contributed by atoms with Crippen molar-refractivity contribution in [2.75, 3.05) is 19.6 Å². The second-order valence-electron chi connectivity index (χ2n) is 4.65. The lowest BCUT2D eigenvalue weighted by Crippen LogP contribution is -2.36. The number of aryl methyl sites for hydroxylation is 1. The third-order valence-corrected chi connectivity index (χ3v) is 3.17. The molecule has 2 amide bonds. The van der Waals surface area contributed by atoms with Gasteiger partial charge in [0.1, 0.15) is 0 Å². The first-order valence-corrected chi connectivity index (χ1v) is 6.46. The Morgan fingerprint density at radius 2 is 2.16 bits per heavy atom. The Labute approximate surface area is 113 Å². The van der Waals surface area contributed by atoms with Crippen molar-refractivity contribution in [2.45, 2.75) is 13.3 Å². The molecule has 2 rings (SSSR count). The van der Waals surface area contributed by atoms with Crippen molar-refractivity contribution in [1.82, 2.24) is 10.2 Å². The molecule has 0 spiro atoms. The summed E-state index contributed by atoms with van der Waals surface area (Å²) in [7, 11) is 0. The lowest BCUT2D eigenvalue weighted by Gasteiger charge is -2.16. The molecule has 4 nitrogen and oxygen atoms in total. The number of nitrogens with zero attached hydrogens (tertiary/aromatic N) is 1. The van der Waals surface area contributed by atoms with Gasteiger partial charge >= 0.3 is 0 Å². The number of amides is 2. The summed E-state index contributed by atoms with van der Waals surface area (Å²) in [6, 6.07) is 7.88. The number of carbonyl (C=O) groups is 2. The van der Waals surface area contributed by atoms with E-state index in [1.54, 1.807) is 17.1 Å². The first-order valence-electron chi connectivity index (χ1n) is 6.46. The normalized spacial score (nSPS) is 16.3. The van der Waals surface area contributed by atoms with Gasteiger partial charge in [0.2, 0.25) is 11.8 Å². The van der Waals surface area contributed by atoms with E-state index in [1.807, 2.05) is 31.2 Å². The van der Waals surface area contributed by atoms with Gasteiger partial charge < -0.3 is 10.2 Å². The summed E-state index contributed by atoms with van der Waals surface area (Å²) in [6.45, 7) is 3.42. The molecule has 1 aromatic rings. The van der Waals surface area contributed by atoms with E-state index in [2.05, 4.69) is 5.32 Å². The Balaban J connectivity index is 2.04. The molecule has 1 N–H and O–H groups in total. The van der Waals surface area contributed by atoms with Crippen molar-refractivity contribution in [3.63, 3.8) is 0 Å². The summed E-state index contributed by atoms with van der Waals surface area (Å²) in [4.78, 5) is 25.0. The van der Waals surface area contributed by atoms with E-state index in [1.165, 1.54) is 0 Å². The molecule has 0 radical (unpaired) electrons. The average molecular weight is 258 g/mol. The predicted molar refractivity (Wildman–Crippen MR) is 74.4 cm³/mol. The number of hydrogen-bond acceptors (Lipinski definition) is 2. The topological polar surface area (TPSA) is 49.4 Å². The number of rotatable bonds is 2. The highest BCUT2D eigenvalue weighted by molar-refractivity contribution is 5.94. The van der Waals surface area contributed by atoms with E-state index in [0.717, 1.165) is 17.5 Å². The van der Waals surface area contributed by atoms with Crippen molar-refractivity contribution in [2.24, 2.45) is 0 Å². The summed E-state index contributed by atoms with van der Waals surface area (Å²) in [5, 5.41) is 2.76. The van der Waals surface area contributed by atoms with Crippen LogP contribution < -0.4 is 5.32 Å². The zero-order valence-corrected chi connectivity index (χ0v) is 11.1. The molecule has 1 aromatic carbocycles. The molecule has 1 aliphatic heterocycles. The van der Waals surface area contributed by atoms with E-state index in [9.17, 15) is 9.59 Å². The molecule has 0 aromatic heterocycles. The van der Waals surface area contributed by atoms with Crippen molar-refractivity contribution in [1.29, 1.82) is 0 Å². The van der Waals surface area contributed by atoms with Crippen LogP contribution in [0, 0.1) is 6.92 Å². The highest BCUT2D eigenvalue weighted by Gasteiger charge is 2.17. The van der Waals surface area contributed by atoms with Crippen LogP contribution >= 0.6 is 0 Å². The molecule has 4 heteroatoms. The summed E-state index contributed by atoms with van der Waals surface area (Å²) in [5.41, 5.74) is 2.15. The Morgan fingerprint density at radius 3 is 2.95 bits per heavy atom. The fraction of sp³-hybridized carbons (Fsp3) is 0.333. The number of carbonyl (C=O) groups excluding carboxylic acids is 2. The molecular weight excluding hydrogens is 240 g/mol. The standard InChI is InChI=1S/C15H18N2O2/c1-12-5-2-3-6-13(12)7-8-15(19)17-10-4-9-16-14(18)11-17/h2-3,5-8H,4,9-11H2,1H3,(H,16,18). The highest BCUT2D eigenvalue weighted by atomic mass is 16.2. The van der Waals surface area contributed by atoms with Gasteiger partial charge in [-0.3, -0.25) is 9.59 Å². The van der Waals surface area contributed by atoms with Gasteiger partial charge in [0.15, 0.2) is 0 Å². The molecule has 19 heavy (non-hydrogen) atoms. The summed E-state index contributed by atoms with van der Waals surface area (Å²) >= 11 is 0. The smallest absolute Gasteiger partial charge is 0.247 e. The van der Waals surface area contributed by atoms with Crippen LogP contribution in [0.25, 0.3) is 6.08 Å². The van der Waals surface area contributed by atoms with Crippen LogP contribution in [0.1, 0.15) is 17.5 Å². The Hall–Kier alpha value is -2.10.